The van der Waals surface area contributed by atoms with Gasteiger partial charge in [-0.2, -0.15) is 0 Å². The van der Waals surface area contributed by atoms with Crippen LogP contribution in [-0.4, -0.2) is 5.91 Å². The molecule has 0 aromatic heterocycles. The Bertz CT molecular complexity index is 730. The fraction of sp³-hybridized carbons (Fsp3) is 0. The fourth-order valence-corrected chi connectivity index (χ4v) is 1.71. The average Bonchev–Trinajstić information content (AvgIpc) is 2.44. The van der Waals surface area contributed by atoms with Crippen LogP contribution in [0.5, 0.6) is 0 Å². The van der Waals surface area contributed by atoms with Gasteiger partial charge in [0.2, 0.25) is 11.7 Å². The molecule has 8 heteroatoms. The van der Waals surface area contributed by atoms with Gasteiger partial charge >= 0.3 is 0 Å². The number of rotatable bonds is 2. The first-order valence-corrected chi connectivity index (χ1v) is 5.36. The van der Waals surface area contributed by atoms with E-state index in [1.807, 2.05) is 0 Å². The van der Waals surface area contributed by atoms with E-state index in [0.29, 0.717) is 12.1 Å². The predicted octanol–water partition coefficient (Wildman–Crippen LogP) is 3.29. The molecular formula is C13H5F6NO. The second-order valence-electron chi connectivity index (χ2n) is 4.00. The Morgan fingerprint density at radius 1 is 0.810 bits per heavy atom. The Morgan fingerprint density at radius 2 is 1.29 bits per heavy atom. The lowest BCUT2D eigenvalue weighted by Gasteiger charge is -2.10. The summed E-state index contributed by atoms with van der Waals surface area (Å²) in [6, 6.07) is 2.14. The van der Waals surface area contributed by atoms with Gasteiger partial charge in [-0.1, -0.05) is 6.07 Å². The quantitative estimate of drug-likeness (QED) is 0.516. The smallest absolute Gasteiger partial charge is 0.248 e. The molecule has 0 unspecified atom stereocenters. The summed E-state index contributed by atoms with van der Waals surface area (Å²) in [5, 5.41) is 0. The number of carbonyl (C=O) groups excluding carboxylic acids is 1. The average molecular weight is 305 g/mol. The molecule has 0 saturated carbocycles. The number of primary amides is 1. The lowest BCUT2D eigenvalue weighted by atomic mass is 10.0. The maximum absolute atomic E-state index is 13.7. The summed E-state index contributed by atoms with van der Waals surface area (Å²) in [5.41, 5.74) is 2.26. The first-order chi connectivity index (χ1) is 9.75. The highest BCUT2D eigenvalue weighted by molar-refractivity contribution is 5.93. The third kappa shape index (κ3) is 2.32. The molecule has 0 saturated heterocycles. The normalized spacial score (nSPS) is 10.8. The van der Waals surface area contributed by atoms with Crippen LogP contribution in [0.25, 0.3) is 11.1 Å². The highest BCUT2D eigenvalue weighted by Crippen LogP contribution is 2.33. The van der Waals surface area contributed by atoms with Crippen LogP contribution in [0.2, 0.25) is 0 Å². The van der Waals surface area contributed by atoms with Crippen molar-refractivity contribution in [2.24, 2.45) is 5.73 Å². The van der Waals surface area contributed by atoms with Gasteiger partial charge in [-0.05, 0) is 12.1 Å². The van der Waals surface area contributed by atoms with Crippen molar-refractivity contribution in [1.82, 2.24) is 0 Å². The summed E-state index contributed by atoms with van der Waals surface area (Å²) >= 11 is 0. The Balaban J connectivity index is 2.77. The molecule has 21 heavy (non-hydrogen) atoms. The molecule has 0 aliphatic carbocycles. The van der Waals surface area contributed by atoms with Crippen LogP contribution in [-0.2, 0) is 0 Å². The molecule has 0 spiro atoms. The van der Waals surface area contributed by atoms with Crippen molar-refractivity contribution < 1.29 is 31.1 Å². The van der Waals surface area contributed by atoms with Crippen molar-refractivity contribution in [2.45, 2.75) is 0 Å². The van der Waals surface area contributed by atoms with E-state index in [0.717, 1.165) is 6.07 Å². The van der Waals surface area contributed by atoms with E-state index < -0.39 is 51.9 Å². The van der Waals surface area contributed by atoms with Crippen LogP contribution in [0, 0.1) is 34.9 Å². The van der Waals surface area contributed by atoms with Crippen molar-refractivity contribution in [3.05, 3.63) is 58.7 Å². The molecule has 0 radical (unpaired) electrons. The van der Waals surface area contributed by atoms with E-state index in [9.17, 15) is 31.1 Å². The van der Waals surface area contributed by atoms with E-state index >= 15 is 0 Å². The van der Waals surface area contributed by atoms with Crippen molar-refractivity contribution >= 4 is 5.91 Å². The molecule has 0 aliphatic rings. The van der Waals surface area contributed by atoms with Crippen molar-refractivity contribution in [1.29, 1.82) is 0 Å². The van der Waals surface area contributed by atoms with Gasteiger partial charge in [0.05, 0.1) is 5.56 Å². The highest BCUT2D eigenvalue weighted by Gasteiger charge is 2.28. The summed E-state index contributed by atoms with van der Waals surface area (Å²) in [4.78, 5) is 10.8. The molecule has 110 valence electrons. The van der Waals surface area contributed by atoms with E-state index in [1.165, 1.54) is 0 Å². The number of hydrogen-bond donors (Lipinski definition) is 1. The molecule has 0 atom stereocenters. The topological polar surface area (TPSA) is 43.1 Å². The Hall–Kier alpha value is -2.51. The van der Waals surface area contributed by atoms with Gasteiger partial charge in [-0.3, -0.25) is 4.79 Å². The monoisotopic (exact) mass is 305 g/mol. The second kappa shape index (κ2) is 5.12. The minimum absolute atomic E-state index is 0.319. The van der Waals surface area contributed by atoms with Crippen molar-refractivity contribution in [3.8, 4) is 11.1 Å². The maximum atomic E-state index is 13.7. The van der Waals surface area contributed by atoms with Crippen LogP contribution in [0.15, 0.2) is 18.2 Å². The van der Waals surface area contributed by atoms with Crippen LogP contribution in [0.3, 0.4) is 0 Å². The summed E-state index contributed by atoms with van der Waals surface area (Å²) in [6.07, 6.45) is 0. The summed E-state index contributed by atoms with van der Waals surface area (Å²) in [6.45, 7) is 0. The molecule has 0 heterocycles. The zero-order chi connectivity index (χ0) is 15.9. The largest absolute Gasteiger partial charge is 0.366 e. The third-order valence-electron chi connectivity index (χ3n) is 2.73. The summed E-state index contributed by atoms with van der Waals surface area (Å²) in [7, 11) is 0. The molecule has 0 aliphatic heterocycles. The van der Waals surface area contributed by atoms with Gasteiger partial charge in [0, 0.05) is 11.1 Å². The zero-order valence-corrected chi connectivity index (χ0v) is 9.99. The van der Waals surface area contributed by atoms with E-state index in [1.54, 1.807) is 0 Å². The Labute approximate surface area is 113 Å². The third-order valence-corrected chi connectivity index (χ3v) is 2.73. The van der Waals surface area contributed by atoms with Gasteiger partial charge in [-0.15, -0.1) is 0 Å². The van der Waals surface area contributed by atoms with Gasteiger partial charge in [-0.25, -0.2) is 26.3 Å². The molecule has 1 amide bonds. The maximum Gasteiger partial charge on any atom is 0.248 e. The molecule has 0 fully saturated rings. The second-order valence-corrected chi connectivity index (χ2v) is 4.00. The molecule has 2 nitrogen and oxygen atoms in total. The first kappa shape index (κ1) is 14.9. The molecule has 0 bridgehead atoms. The molecule has 2 rings (SSSR count). The molecular weight excluding hydrogens is 300 g/mol. The number of benzene rings is 2. The lowest BCUT2D eigenvalue weighted by Crippen LogP contribution is -2.11. The predicted molar refractivity (Wildman–Crippen MR) is 60.1 cm³/mol. The van der Waals surface area contributed by atoms with Crippen LogP contribution >= 0.6 is 0 Å². The van der Waals surface area contributed by atoms with Crippen LogP contribution in [0.4, 0.5) is 26.3 Å². The highest BCUT2D eigenvalue weighted by atomic mass is 19.2. The van der Waals surface area contributed by atoms with E-state index in [-0.39, 0.29) is 5.56 Å². The SMILES string of the molecule is NC(=O)c1ccc(-c2c(F)c(F)c(F)c(F)c2F)c(F)c1. The van der Waals surface area contributed by atoms with E-state index in [2.05, 4.69) is 0 Å². The van der Waals surface area contributed by atoms with Gasteiger partial charge in [0.15, 0.2) is 23.3 Å². The summed E-state index contributed by atoms with van der Waals surface area (Å²) < 4.78 is 79.9. The van der Waals surface area contributed by atoms with Crippen LogP contribution < -0.4 is 5.73 Å². The Morgan fingerprint density at radius 3 is 1.71 bits per heavy atom. The van der Waals surface area contributed by atoms with Gasteiger partial charge in [0.1, 0.15) is 5.82 Å². The summed E-state index contributed by atoms with van der Waals surface area (Å²) in [5.74, 6) is -13.4. The van der Waals surface area contributed by atoms with E-state index in [4.69, 9.17) is 5.73 Å². The minimum atomic E-state index is -2.34. The Kier molecular flexibility index (Phi) is 3.63. The van der Waals surface area contributed by atoms with Crippen molar-refractivity contribution in [2.75, 3.05) is 0 Å². The molecule has 2 N–H and O–H groups in total. The number of nitrogens with two attached hydrogens (primary N) is 1. The van der Waals surface area contributed by atoms with Gasteiger partial charge < -0.3 is 5.73 Å². The minimum Gasteiger partial charge on any atom is -0.366 e. The lowest BCUT2D eigenvalue weighted by molar-refractivity contribution is 0.1000. The fourth-order valence-electron chi connectivity index (χ4n) is 1.71. The van der Waals surface area contributed by atoms with Gasteiger partial charge in [0.25, 0.3) is 0 Å². The number of hydrogen-bond acceptors (Lipinski definition) is 1. The zero-order valence-electron chi connectivity index (χ0n) is 9.99. The molecule has 2 aromatic carbocycles. The molecule has 2 aromatic rings. The number of halogens is 6. The van der Waals surface area contributed by atoms with Crippen molar-refractivity contribution in [3.63, 3.8) is 0 Å². The standard InChI is InChI=1S/C13H5F6NO/c14-6-3-4(13(20)21)1-2-5(6)7-8(15)10(17)12(19)11(18)9(7)16/h1-3H,(H2,20,21). The van der Waals surface area contributed by atoms with Crippen LogP contribution in [0.1, 0.15) is 10.4 Å². The number of carbonyl (C=O) groups is 1. The first-order valence-electron chi connectivity index (χ1n) is 5.36. The number of amides is 1.